The Bertz CT molecular complexity index is 674. The molecule has 2 aliphatic carbocycles. The van der Waals surface area contributed by atoms with Crippen molar-refractivity contribution in [1.29, 1.82) is 0 Å². The van der Waals surface area contributed by atoms with Gasteiger partial charge in [-0.3, -0.25) is 0 Å². The Labute approximate surface area is 188 Å². The third-order valence-corrected chi connectivity index (χ3v) is 8.94. The summed E-state index contributed by atoms with van der Waals surface area (Å²) in [6, 6.07) is 0. The number of fused-ring (bicyclic) bond motifs is 2. The summed E-state index contributed by atoms with van der Waals surface area (Å²) in [4.78, 5) is 17.0. The maximum atomic E-state index is 6.71. The Balaban J connectivity index is 1.17. The Hall–Kier alpha value is -0.820. The Morgan fingerprint density at radius 2 is 1.90 bits per heavy atom. The van der Waals surface area contributed by atoms with E-state index in [4.69, 9.17) is 19.2 Å². The van der Waals surface area contributed by atoms with E-state index in [-0.39, 0.29) is 23.6 Å². The Kier molecular flexibility index (Phi) is 6.04. The zero-order valence-electron chi connectivity index (χ0n) is 19.9. The molecule has 6 aliphatic rings. The van der Waals surface area contributed by atoms with Crippen molar-refractivity contribution in [2.45, 2.75) is 95.7 Å². The summed E-state index contributed by atoms with van der Waals surface area (Å²) in [5, 5.41) is 0. The first-order valence-corrected chi connectivity index (χ1v) is 12.7. The van der Waals surface area contributed by atoms with E-state index in [2.05, 4.69) is 50.0 Å². The van der Waals surface area contributed by atoms with Crippen LogP contribution in [0.15, 0.2) is 12.4 Å². The molecule has 2 bridgehead atoms. The van der Waals surface area contributed by atoms with Crippen molar-refractivity contribution in [2.75, 3.05) is 26.9 Å². The van der Waals surface area contributed by atoms with Crippen LogP contribution in [0.25, 0.3) is 0 Å². The molecule has 1 spiro atoms. The molecule has 5 fully saturated rings. The maximum Gasteiger partial charge on any atom is 0.160 e. The highest BCUT2D eigenvalue weighted by Gasteiger charge is 2.68. The zero-order valence-corrected chi connectivity index (χ0v) is 19.9. The lowest BCUT2D eigenvalue weighted by molar-refractivity contribution is -0.495. The molecule has 3 saturated heterocycles. The van der Waals surface area contributed by atoms with Gasteiger partial charge in [-0.25, -0.2) is 9.78 Å². The van der Waals surface area contributed by atoms with Gasteiger partial charge in [0.2, 0.25) is 0 Å². The molecular formula is C25H42N2O4. The van der Waals surface area contributed by atoms with E-state index in [1.54, 1.807) is 0 Å². The molecule has 8 atom stereocenters. The van der Waals surface area contributed by atoms with Crippen molar-refractivity contribution in [1.82, 2.24) is 9.80 Å². The van der Waals surface area contributed by atoms with E-state index < -0.39 is 0 Å². The monoisotopic (exact) mass is 434 g/mol. The minimum Gasteiger partial charge on any atom is -0.362 e. The van der Waals surface area contributed by atoms with Gasteiger partial charge in [-0.2, -0.15) is 0 Å². The number of ether oxygens (including phenoxy) is 2. The highest BCUT2D eigenvalue weighted by molar-refractivity contribution is 5.13. The summed E-state index contributed by atoms with van der Waals surface area (Å²) >= 11 is 0. The fourth-order valence-electron chi connectivity index (χ4n) is 7.14. The van der Waals surface area contributed by atoms with Crippen LogP contribution in [0, 0.1) is 23.7 Å². The van der Waals surface area contributed by atoms with E-state index in [0.717, 1.165) is 39.1 Å². The molecule has 0 aromatic rings. The number of nitrogens with zero attached hydrogens (tertiary/aromatic N) is 2. The van der Waals surface area contributed by atoms with Gasteiger partial charge < -0.3 is 19.3 Å². The second kappa shape index (κ2) is 8.51. The van der Waals surface area contributed by atoms with E-state index in [0.29, 0.717) is 23.7 Å². The van der Waals surface area contributed by atoms with Crippen LogP contribution in [0.4, 0.5) is 0 Å². The van der Waals surface area contributed by atoms with Gasteiger partial charge in [-0.05, 0) is 63.7 Å². The van der Waals surface area contributed by atoms with Crippen molar-refractivity contribution >= 4 is 0 Å². The van der Waals surface area contributed by atoms with Gasteiger partial charge in [0.25, 0.3) is 0 Å². The molecule has 0 aromatic heterocycles. The minimum absolute atomic E-state index is 0.0895. The van der Waals surface area contributed by atoms with Crippen molar-refractivity contribution in [3.05, 3.63) is 12.4 Å². The summed E-state index contributed by atoms with van der Waals surface area (Å²) in [7, 11) is 2.12. The second-order valence-electron chi connectivity index (χ2n) is 11.3. The molecular weight excluding hydrogens is 392 g/mol. The molecule has 6 heteroatoms. The molecule has 0 aromatic carbocycles. The summed E-state index contributed by atoms with van der Waals surface area (Å²) in [6.45, 7) is 9.83. The third kappa shape index (κ3) is 3.92. The first-order chi connectivity index (χ1) is 14.9. The molecule has 1 unspecified atom stereocenters. The van der Waals surface area contributed by atoms with Crippen molar-refractivity contribution < 1.29 is 19.2 Å². The molecule has 4 aliphatic heterocycles. The topological polar surface area (TPSA) is 43.4 Å². The zero-order chi connectivity index (χ0) is 21.6. The highest BCUT2D eigenvalue weighted by atomic mass is 17.2. The quantitative estimate of drug-likeness (QED) is 0.434. The summed E-state index contributed by atoms with van der Waals surface area (Å²) in [6.07, 6.45) is 13.5. The summed E-state index contributed by atoms with van der Waals surface area (Å²) < 4.78 is 13.1. The first kappa shape index (κ1) is 22.0. The standard InChI is InChI=1S/C25H42N2O4/c1-18-8-9-21-19(2)23(28-15-7-5-6-12-27-14-13-26(4)17-27)29-22-16-24(3)11-10-20(18)25(21,22)31-30-24/h13-14,18-23H,5-12,15-17H2,1-4H3/t18-,19-,20+,21+,22-,23+,24?,25-/m1/s1. The molecule has 0 amide bonds. The molecule has 176 valence electrons. The SMILES string of the molecule is C[C@H]1[C@@H](OCCCCCN2C=CN(C)C2)O[C@@H]2CC3(C)CC[C@H]4[C@H](C)CC[C@@H]1[C@@]24OO3. The number of rotatable bonds is 7. The maximum absolute atomic E-state index is 6.71. The minimum atomic E-state index is -0.274. The number of hydrogen-bond donors (Lipinski definition) is 0. The van der Waals surface area contributed by atoms with E-state index in [1.165, 1.54) is 32.1 Å². The van der Waals surface area contributed by atoms with Crippen LogP contribution in [-0.4, -0.2) is 60.3 Å². The molecule has 31 heavy (non-hydrogen) atoms. The van der Waals surface area contributed by atoms with Crippen LogP contribution >= 0.6 is 0 Å². The van der Waals surface area contributed by atoms with Gasteiger partial charge in [0.05, 0.1) is 12.8 Å². The summed E-state index contributed by atoms with van der Waals surface area (Å²) in [5.41, 5.74) is -0.496. The van der Waals surface area contributed by atoms with E-state index in [1.807, 2.05) is 0 Å². The van der Waals surface area contributed by atoms with Crippen LogP contribution in [0.2, 0.25) is 0 Å². The highest BCUT2D eigenvalue weighted by Crippen LogP contribution is 2.61. The number of hydrogen-bond acceptors (Lipinski definition) is 6. The van der Waals surface area contributed by atoms with Crippen LogP contribution in [-0.2, 0) is 19.2 Å². The molecule has 0 N–H and O–H groups in total. The van der Waals surface area contributed by atoms with Gasteiger partial charge in [0.15, 0.2) is 6.29 Å². The lowest BCUT2D eigenvalue weighted by Crippen LogP contribution is -2.69. The van der Waals surface area contributed by atoms with Gasteiger partial charge in [0, 0.05) is 50.9 Å². The fraction of sp³-hybridized carbons (Fsp3) is 0.920. The van der Waals surface area contributed by atoms with Gasteiger partial charge in [-0.1, -0.05) is 13.8 Å². The van der Waals surface area contributed by atoms with Crippen LogP contribution < -0.4 is 0 Å². The van der Waals surface area contributed by atoms with Gasteiger partial charge in [-0.15, -0.1) is 0 Å². The average molecular weight is 435 g/mol. The third-order valence-electron chi connectivity index (χ3n) is 8.94. The first-order valence-electron chi connectivity index (χ1n) is 12.7. The second-order valence-corrected chi connectivity index (χ2v) is 11.3. The van der Waals surface area contributed by atoms with E-state index in [9.17, 15) is 0 Å². The largest absolute Gasteiger partial charge is 0.362 e. The van der Waals surface area contributed by atoms with Crippen molar-refractivity contribution in [3.63, 3.8) is 0 Å². The normalized spacial score (nSPS) is 46.3. The van der Waals surface area contributed by atoms with Crippen molar-refractivity contribution in [3.8, 4) is 0 Å². The van der Waals surface area contributed by atoms with Crippen LogP contribution in [0.1, 0.15) is 72.1 Å². The van der Waals surface area contributed by atoms with Crippen LogP contribution in [0.5, 0.6) is 0 Å². The predicted molar refractivity (Wildman–Crippen MR) is 119 cm³/mol. The lowest BCUT2D eigenvalue weighted by Gasteiger charge is -2.61. The van der Waals surface area contributed by atoms with Crippen molar-refractivity contribution in [2.24, 2.45) is 23.7 Å². The molecule has 4 heterocycles. The Morgan fingerprint density at radius 1 is 1.03 bits per heavy atom. The smallest absolute Gasteiger partial charge is 0.160 e. The van der Waals surface area contributed by atoms with Gasteiger partial charge >= 0.3 is 0 Å². The molecule has 6 nitrogen and oxygen atoms in total. The number of unbranched alkanes of at least 4 members (excludes halogenated alkanes) is 2. The predicted octanol–water partition coefficient (Wildman–Crippen LogP) is 4.52. The fourth-order valence-corrected chi connectivity index (χ4v) is 7.14. The van der Waals surface area contributed by atoms with E-state index >= 15 is 0 Å². The Morgan fingerprint density at radius 3 is 2.71 bits per heavy atom. The van der Waals surface area contributed by atoms with Crippen LogP contribution in [0.3, 0.4) is 0 Å². The molecule has 2 saturated carbocycles. The van der Waals surface area contributed by atoms with Gasteiger partial charge in [0.1, 0.15) is 11.2 Å². The summed E-state index contributed by atoms with van der Waals surface area (Å²) in [5.74, 6) is 1.99. The average Bonchev–Trinajstić information content (AvgIpc) is 3.02. The molecule has 0 radical (unpaired) electrons. The molecule has 6 rings (SSSR count). The lowest BCUT2D eigenvalue weighted by atomic mass is 9.56.